The number of hydrogen-bond donors (Lipinski definition) is 3. The lowest BCUT2D eigenvalue weighted by molar-refractivity contribution is -0.121. The van der Waals surface area contributed by atoms with Crippen molar-refractivity contribution in [3.8, 4) is 0 Å². The van der Waals surface area contributed by atoms with E-state index in [1.807, 2.05) is 0 Å². The number of carbonyl (C=O) groups excluding carboxylic acids is 2. The molecule has 1 aliphatic rings. The standard InChI is InChI=1S/C22H23FN4O3S/c1-12-5-6-13(11-15(12)23)20(29)25-10-9-24-18(28)8-7-17-26-21(30)19-14-3-2-4-16(14)31-22(19)27-17/h5-6,11H,2-4,7-10H2,1H3,(H,24,28)(H,25,29)(H,26,27,30). The van der Waals surface area contributed by atoms with Crippen LogP contribution in [0.25, 0.3) is 10.2 Å². The Bertz CT molecular complexity index is 1220. The number of H-pyrrole nitrogens is 1. The third-order valence-corrected chi connectivity index (χ3v) is 6.57. The summed E-state index contributed by atoms with van der Waals surface area (Å²) in [5.74, 6) is -0.529. The number of halogens is 1. The van der Waals surface area contributed by atoms with Gasteiger partial charge in [-0.05, 0) is 49.4 Å². The van der Waals surface area contributed by atoms with E-state index in [2.05, 4.69) is 20.6 Å². The second-order valence-electron chi connectivity index (χ2n) is 7.62. The Morgan fingerprint density at radius 2 is 2.03 bits per heavy atom. The van der Waals surface area contributed by atoms with E-state index < -0.39 is 11.7 Å². The third-order valence-electron chi connectivity index (χ3n) is 5.38. The molecule has 0 bridgehead atoms. The molecule has 4 rings (SSSR count). The number of aromatic amines is 1. The number of aryl methyl sites for hydroxylation is 4. The van der Waals surface area contributed by atoms with Gasteiger partial charge in [0.2, 0.25) is 5.91 Å². The van der Waals surface area contributed by atoms with Crippen molar-refractivity contribution >= 4 is 33.4 Å². The summed E-state index contributed by atoms with van der Waals surface area (Å²) in [6, 6.07) is 4.29. The lowest BCUT2D eigenvalue weighted by atomic mass is 10.1. The molecule has 3 N–H and O–H groups in total. The van der Waals surface area contributed by atoms with Crippen molar-refractivity contribution in [2.45, 2.75) is 39.0 Å². The van der Waals surface area contributed by atoms with Crippen LogP contribution in [0.15, 0.2) is 23.0 Å². The summed E-state index contributed by atoms with van der Waals surface area (Å²) >= 11 is 1.57. The smallest absolute Gasteiger partial charge is 0.259 e. The lowest BCUT2D eigenvalue weighted by Crippen LogP contribution is -2.34. The molecule has 2 aromatic heterocycles. The number of aromatic nitrogens is 2. The van der Waals surface area contributed by atoms with Gasteiger partial charge in [-0.3, -0.25) is 14.4 Å². The summed E-state index contributed by atoms with van der Waals surface area (Å²) < 4.78 is 13.5. The van der Waals surface area contributed by atoms with Crippen LogP contribution in [0.4, 0.5) is 4.39 Å². The van der Waals surface area contributed by atoms with Crippen molar-refractivity contribution in [2.24, 2.45) is 0 Å². The van der Waals surface area contributed by atoms with Crippen molar-refractivity contribution < 1.29 is 14.0 Å². The van der Waals surface area contributed by atoms with Crippen LogP contribution in [0.1, 0.15) is 45.0 Å². The van der Waals surface area contributed by atoms with Gasteiger partial charge in [0.15, 0.2) is 0 Å². The topological polar surface area (TPSA) is 104 Å². The first-order valence-electron chi connectivity index (χ1n) is 10.3. The molecular weight excluding hydrogens is 419 g/mol. The Labute approximate surface area is 182 Å². The summed E-state index contributed by atoms with van der Waals surface area (Å²) in [7, 11) is 0. The summed E-state index contributed by atoms with van der Waals surface area (Å²) in [6.07, 6.45) is 3.52. The molecule has 7 nitrogen and oxygen atoms in total. The fraction of sp³-hybridized carbons (Fsp3) is 0.364. The molecule has 0 fully saturated rings. The quantitative estimate of drug-likeness (QED) is 0.489. The zero-order valence-electron chi connectivity index (χ0n) is 17.1. The van der Waals surface area contributed by atoms with E-state index in [9.17, 15) is 18.8 Å². The van der Waals surface area contributed by atoms with Crippen LogP contribution in [0.3, 0.4) is 0 Å². The summed E-state index contributed by atoms with van der Waals surface area (Å²) in [4.78, 5) is 45.9. The van der Waals surface area contributed by atoms with Gasteiger partial charge in [-0.25, -0.2) is 9.37 Å². The second-order valence-corrected chi connectivity index (χ2v) is 8.70. The maximum atomic E-state index is 13.5. The van der Waals surface area contributed by atoms with Gasteiger partial charge in [-0.1, -0.05) is 6.07 Å². The lowest BCUT2D eigenvalue weighted by Gasteiger charge is -2.08. The van der Waals surface area contributed by atoms with Gasteiger partial charge >= 0.3 is 0 Å². The number of nitrogens with zero attached hydrogens (tertiary/aromatic N) is 1. The molecular formula is C22H23FN4O3S. The molecule has 0 aliphatic heterocycles. The summed E-state index contributed by atoms with van der Waals surface area (Å²) in [5.41, 5.74) is 1.71. The maximum Gasteiger partial charge on any atom is 0.259 e. The van der Waals surface area contributed by atoms with E-state index in [1.165, 1.54) is 10.9 Å². The van der Waals surface area contributed by atoms with Crippen molar-refractivity contribution in [1.29, 1.82) is 0 Å². The average Bonchev–Trinajstić information content (AvgIpc) is 3.32. The minimum Gasteiger partial charge on any atom is -0.354 e. The predicted molar refractivity (Wildman–Crippen MR) is 117 cm³/mol. The van der Waals surface area contributed by atoms with Crippen molar-refractivity contribution in [1.82, 2.24) is 20.6 Å². The SMILES string of the molecule is Cc1ccc(C(=O)NCCNC(=O)CCc2nc3sc4c(c3c(=O)[nH]2)CCC4)cc1F. The maximum absolute atomic E-state index is 13.5. The average molecular weight is 443 g/mol. The Morgan fingerprint density at radius 1 is 1.23 bits per heavy atom. The van der Waals surface area contributed by atoms with Crippen LogP contribution >= 0.6 is 11.3 Å². The van der Waals surface area contributed by atoms with Gasteiger partial charge in [0.25, 0.3) is 11.5 Å². The molecule has 0 atom stereocenters. The van der Waals surface area contributed by atoms with Gasteiger partial charge in [0.05, 0.1) is 5.39 Å². The minimum atomic E-state index is -0.432. The molecule has 9 heteroatoms. The molecule has 1 aliphatic carbocycles. The molecule has 0 radical (unpaired) electrons. The minimum absolute atomic E-state index is 0.130. The van der Waals surface area contributed by atoms with Crippen LogP contribution in [-0.2, 0) is 24.1 Å². The number of benzene rings is 1. The monoisotopic (exact) mass is 442 g/mol. The Balaban J connectivity index is 1.24. The normalized spacial score (nSPS) is 12.7. The fourth-order valence-electron chi connectivity index (χ4n) is 3.70. The summed E-state index contributed by atoms with van der Waals surface area (Å²) in [5, 5.41) is 6.06. The van der Waals surface area contributed by atoms with Crippen LogP contribution in [0, 0.1) is 12.7 Å². The molecule has 31 heavy (non-hydrogen) atoms. The molecule has 3 aromatic rings. The van der Waals surface area contributed by atoms with E-state index >= 15 is 0 Å². The van der Waals surface area contributed by atoms with Gasteiger partial charge in [-0.2, -0.15) is 0 Å². The van der Waals surface area contributed by atoms with Crippen molar-refractivity contribution in [3.05, 3.63) is 61.8 Å². The second kappa shape index (κ2) is 8.97. The predicted octanol–water partition coefficient (Wildman–Crippen LogP) is 2.40. The zero-order chi connectivity index (χ0) is 22.0. The van der Waals surface area contributed by atoms with E-state index in [4.69, 9.17) is 0 Å². The summed E-state index contributed by atoms with van der Waals surface area (Å²) in [6.45, 7) is 2.10. The third kappa shape index (κ3) is 4.66. The van der Waals surface area contributed by atoms with Gasteiger partial charge in [0, 0.05) is 36.4 Å². The first kappa shape index (κ1) is 21.2. The van der Waals surface area contributed by atoms with Crippen molar-refractivity contribution in [2.75, 3.05) is 13.1 Å². The fourth-order valence-corrected chi connectivity index (χ4v) is 4.98. The highest BCUT2D eigenvalue weighted by Gasteiger charge is 2.21. The molecule has 2 amide bonds. The highest BCUT2D eigenvalue weighted by atomic mass is 32.1. The van der Waals surface area contributed by atoms with Crippen molar-refractivity contribution in [3.63, 3.8) is 0 Å². The van der Waals surface area contributed by atoms with E-state index in [1.54, 1.807) is 30.4 Å². The van der Waals surface area contributed by atoms with Gasteiger partial charge in [-0.15, -0.1) is 11.3 Å². The number of hydrogen-bond acceptors (Lipinski definition) is 5. The molecule has 162 valence electrons. The molecule has 0 unspecified atom stereocenters. The number of rotatable bonds is 7. The number of fused-ring (bicyclic) bond motifs is 3. The Kier molecular flexibility index (Phi) is 6.13. The first-order chi connectivity index (χ1) is 14.9. The number of thiophene rings is 1. The van der Waals surface area contributed by atoms with Gasteiger partial charge < -0.3 is 15.6 Å². The van der Waals surface area contributed by atoms with E-state index in [-0.39, 0.29) is 36.5 Å². The number of nitrogens with one attached hydrogen (secondary N) is 3. The number of amides is 2. The largest absolute Gasteiger partial charge is 0.354 e. The molecule has 0 saturated carbocycles. The molecule has 0 spiro atoms. The van der Waals surface area contributed by atoms with Crippen LogP contribution < -0.4 is 16.2 Å². The van der Waals surface area contributed by atoms with E-state index in [0.29, 0.717) is 23.2 Å². The Morgan fingerprint density at radius 3 is 2.84 bits per heavy atom. The van der Waals surface area contributed by atoms with Crippen LogP contribution in [-0.4, -0.2) is 34.9 Å². The van der Waals surface area contributed by atoms with Crippen LogP contribution in [0.5, 0.6) is 0 Å². The highest BCUT2D eigenvalue weighted by Crippen LogP contribution is 2.34. The number of carbonyl (C=O) groups is 2. The van der Waals surface area contributed by atoms with Gasteiger partial charge in [0.1, 0.15) is 16.5 Å². The first-order valence-corrected chi connectivity index (χ1v) is 11.1. The molecule has 0 saturated heterocycles. The van der Waals surface area contributed by atoms with Crippen LogP contribution in [0.2, 0.25) is 0 Å². The molecule has 1 aromatic carbocycles. The zero-order valence-corrected chi connectivity index (χ0v) is 18.0. The highest BCUT2D eigenvalue weighted by molar-refractivity contribution is 7.18. The Hall–Kier alpha value is -3.07. The van der Waals surface area contributed by atoms with E-state index in [0.717, 1.165) is 29.7 Å². The molecule has 2 heterocycles.